The summed E-state index contributed by atoms with van der Waals surface area (Å²) in [5.41, 5.74) is 2.39. The molecule has 0 atom stereocenters. The molecule has 2 aromatic carbocycles. The molecule has 0 fully saturated rings. The Morgan fingerprint density at radius 2 is 1.61 bits per heavy atom. The van der Waals surface area contributed by atoms with Gasteiger partial charge in [-0.3, -0.25) is 0 Å². The van der Waals surface area contributed by atoms with Crippen molar-refractivity contribution >= 4 is 11.3 Å². The van der Waals surface area contributed by atoms with E-state index in [1.54, 1.807) is 20.3 Å². The molecule has 5 nitrogen and oxygen atoms in total. The van der Waals surface area contributed by atoms with Crippen molar-refractivity contribution in [3.8, 4) is 44.8 Å². The van der Waals surface area contributed by atoms with Gasteiger partial charge in [0.15, 0.2) is 23.0 Å². The summed E-state index contributed by atoms with van der Waals surface area (Å²) in [5.74, 6) is 0.993. The van der Waals surface area contributed by atoms with E-state index < -0.39 is 0 Å². The number of ether oxygens (including phenoxy) is 2. The number of aromatic hydroxyl groups is 2. The van der Waals surface area contributed by atoms with Crippen molar-refractivity contribution < 1.29 is 19.7 Å². The first-order chi connectivity index (χ1) is 11.1. The van der Waals surface area contributed by atoms with E-state index in [4.69, 9.17) is 9.47 Å². The maximum atomic E-state index is 9.61. The lowest BCUT2D eigenvalue weighted by Crippen LogP contribution is -1.90. The number of nitrogens with zero attached hydrogens (tertiary/aromatic N) is 1. The molecule has 23 heavy (non-hydrogen) atoms. The molecule has 3 aromatic rings. The van der Waals surface area contributed by atoms with Crippen LogP contribution in [0.2, 0.25) is 0 Å². The van der Waals surface area contributed by atoms with E-state index >= 15 is 0 Å². The van der Waals surface area contributed by atoms with Gasteiger partial charge in [-0.25, -0.2) is 4.98 Å². The fraction of sp³-hybridized carbons (Fsp3) is 0.118. The second-order valence-electron chi connectivity index (χ2n) is 4.81. The predicted molar refractivity (Wildman–Crippen MR) is 89.4 cm³/mol. The molecule has 0 aliphatic carbocycles. The first-order valence-electron chi connectivity index (χ1n) is 6.82. The average Bonchev–Trinajstić information content (AvgIpc) is 3.06. The van der Waals surface area contributed by atoms with E-state index in [1.165, 1.54) is 23.5 Å². The van der Waals surface area contributed by atoms with Crippen LogP contribution in [0.4, 0.5) is 0 Å². The third-order valence-electron chi connectivity index (χ3n) is 3.41. The molecule has 118 valence electrons. The SMILES string of the molecule is COc1ccc(-c2nc(-c3ccc(O)c(O)c3)cs2)cc1OC. The molecule has 0 saturated heterocycles. The molecule has 0 aliphatic rings. The number of rotatable bonds is 4. The van der Waals surface area contributed by atoms with Crippen LogP contribution in [0.5, 0.6) is 23.0 Å². The summed E-state index contributed by atoms with van der Waals surface area (Å²) in [4.78, 5) is 4.58. The first kappa shape index (κ1) is 15.2. The monoisotopic (exact) mass is 329 g/mol. The molecule has 0 saturated carbocycles. The van der Waals surface area contributed by atoms with E-state index in [1.807, 2.05) is 23.6 Å². The lowest BCUT2D eigenvalue weighted by atomic mass is 10.1. The van der Waals surface area contributed by atoms with Crippen LogP contribution in [0, 0.1) is 0 Å². The van der Waals surface area contributed by atoms with E-state index in [2.05, 4.69) is 4.98 Å². The zero-order valence-corrected chi connectivity index (χ0v) is 13.4. The molecule has 1 aromatic heterocycles. The second-order valence-corrected chi connectivity index (χ2v) is 5.67. The van der Waals surface area contributed by atoms with Gasteiger partial charge in [0.05, 0.1) is 19.9 Å². The zero-order valence-electron chi connectivity index (χ0n) is 12.6. The van der Waals surface area contributed by atoms with Gasteiger partial charge in [0.1, 0.15) is 5.01 Å². The summed E-state index contributed by atoms with van der Waals surface area (Å²) in [6.45, 7) is 0. The smallest absolute Gasteiger partial charge is 0.161 e. The number of thiazole rings is 1. The summed E-state index contributed by atoms with van der Waals surface area (Å²) in [5, 5.41) is 21.7. The van der Waals surface area contributed by atoms with Crippen molar-refractivity contribution in [2.24, 2.45) is 0 Å². The number of hydrogen-bond donors (Lipinski definition) is 2. The van der Waals surface area contributed by atoms with Crippen molar-refractivity contribution in [3.63, 3.8) is 0 Å². The van der Waals surface area contributed by atoms with Crippen molar-refractivity contribution in [1.82, 2.24) is 4.98 Å². The number of phenolic OH excluding ortho intramolecular Hbond substituents is 2. The molecule has 2 N–H and O–H groups in total. The molecule has 0 unspecified atom stereocenters. The molecule has 6 heteroatoms. The van der Waals surface area contributed by atoms with Crippen LogP contribution in [0.3, 0.4) is 0 Å². The molecular weight excluding hydrogens is 314 g/mol. The second kappa shape index (κ2) is 6.18. The Morgan fingerprint density at radius 1 is 0.870 bits per heavy atom. The quantitative estimate of drug-likeness (QED) is 0.710. The number of phenols is 2. The van der Waals surface area contributed by atoms with Crippen LogP contribution < -0.4 is 9.47 Å². The summed E-state index contributed by atoms with van der Waals surface area (Å²) in [6, 6.07) is 10.3. The van der Waals surface area contributed by atoms with E-state index in [-0.39, 0.29) is 11.5 Å². The minimum atomic E-state index is -0.164. The summed E-state index contributed by atoms with van der Waals surface area (Å²) in [7, 11) is 3.18. The number of methoxy groups -OCH3 is 2. The van der Waals surface area contributed by atoms with Gasteiger partial charge in [-0.05, 0) is 36.4 Å². The van der Waals surface area contributed by atoms with Crippen LogP contribution in [0.1, 0.15) is 0 Å². The van der Waals surface area contributed by atoms with Gasteiger partial charge in [0.25, 0.3) is 0 Å². The molecular formula is C17H15NO4S. The van der Waals surface area contributed by atoms with E-state index in [0.29, 0.717) is 11.5 Å². The minimum Gasteiger partial charge on any atom is -0.504 e. The Hall–Kier alpha value is -2.73. The lowest BCUT2D eigenvalue weighted by Gasteiger charge is -2.08. The standard InChI is InChI=1S/C17H15NO4S/c1-21-15-6-4-11(8-16(15)22-2)17-18-12(9-23-17)10-3-5-13(19)14(20)7-10/h3-9,19-20H,1-2H3. The summed E-state index contributed by atoms with van der Waals surface area (Å²) >= 11 is 1.49. The molecule has 1 heterocycles. The van der Waals surface area contributed by atoms with Crippen molar-refractivity contribution in [3.05, 3.63) is 41.8 Å². The van der Waals surface area contributed by atoms with Gasteiger partial charge in [0.2, 0.25) is 0 Å². The first-order valence-corrected chi connectivity index (χ1v) is 7.70. The van der Waals surface area contributed by atoms with Gasteiger partial charge in [0, 0.05) is 16.5 Å². The zero-order chi connectivity index (χ0) is 16.4. The number of hydrogen-bond acceptors (Lipinski definition) is 6. The fourth-order valence-electron chi connectivity index (χ4n) is 2.19. The molecule has 3 rings (SSSR count). The van der Waals surface area contributed by atoms with Crippen LogP contribution in [-0.4, -0.2) is 29.4 Å². The van der Waals surface area contributed by atoms with E-state index in [9.17, 15) is 10.2 Å². The highest BCUT2D eigenvalue weighted by atomic mass is 32.1. The lowest BCUT2D eigenvalue weighted by molar-refractivity contribution is 0.355. The highest BCUT2D eigenvalue weighted by Crippen LogP contribution is 2.36. The highest BCUT2D eigenvalue weighted by molar-refractivity contribution is 7.13. The van der Waals surface area contributed by atoms with Gasteiger partial charge in [-0.2, -0.15) is 0 Å². The van der Waals surface area contributed by atoms with Crippen LogP contribution in [0.25, 0.3) is 21.8 Å². The molecule has 0 aliphatic heterocycles. The Morgan fingerprint density at radius 3 is 2.30 bits per heavy atom. The van der Waals surface area contributed by atoms with Crippen LogP contribution in [0.15, 0.2) is 41.8 Å². The van der Waals surface area contributed by atoms with E-state index in [0.717, 1.165) is 21.8 Å². The average molecular weight is 329 g/mol. The number of benzene rings is 2. The van der Waals surface area contributed by atoms with Crippen LogP contribution >= 0.6 is 11.3 Å². The molecule has 0 spiro atoms. The Labute approximate surface area is 137 Å². The fourth-order valence-corrected chi connectivity index (χ4v) is 3.02. The topological polar surface area (TPSA) is 71.8 Å². The third kappa shape index (κ3) is 2.93. The Bertz CT molecular complexity index is 844. The third-order valence-corrected chi connectivity index (χ3v) is 4.30. The maximum Gasteiger partial charge on any atom is 0.161 e. The highest BCUT2D eigenvalue weighted by Gasteiger charge is 2.11. The summed E-state index contributed by atoms with van der Waals surface area (Å²) in [6.07, 6.45) is 0. The van der Waals surface area contributed by atoms with Gasteiger partial charge >= 0.3 is 0 Å². The van der Waals surface area contributed by atoms with Gasteiger partial charge < -0.3 is 19.7 Å². The van der Waals surface area contributed by atoms with Crippen molar-refractivity contribution in [2.75, 3.05) is 14.2 Å². The van der Waals surface area contributed by atoms with Gasteiger partial charge in [-0.15, -0.1) is 11.3 Å². The number of aromatic nitrogens is 1. The molecule has 0 radical (unpaired) electrons. The van der Waals surface area contributed by atoms with Gasteiger partial charge in [-0.1, -0.05) is 0 Å². The minimum absolute atomic E-state index is 0.149. The molecule has 0 amide bonds. The van der Waals surface area contributed by atoms with Crippen molar-refractivity contribution in [1.29, 1.82) is 0 Å². The predicted octanol–water partition coefficient (Wildman–Crippen LogP) is 3.91. The summed E-state index contributed by atoms with van der Waals surface area (Å²) < 4.78 is 10.5. The van der Waals surface area contributed by atoms with Crippen LogP contribution in [-0.2, 0) is 0 Å². The normalized spacial score (nSPS) is 10.5. The maximum absolute atomic E-state index is 9.61. The Kier molecular flexibility index (Phi) is 4.08. The Balaban J connectivity index is 1.97. The molecule has 0 bridgehead atoms. The largest absolute Gasteiger partial charge is 0.504 e. The van der Waals surface area contributed by atoms with Crippen molar-refractivity contribution in [2.45, 2.75) is 0 Å².